The first-order valence-electron chi connectivity index (χ1n) is 4.96. The molecule has 0 unspecified atom stereocenters. The van der Waals surface area contributed by atoms with Crippen molar-refractivity contribution in [3.8, 4) is 16.9 Å². The van der Waals surface area contributed by atoms with Crippen molar-refractivity contribution in [1.82, 2.24) is 4.98 Å². The Hall–Kier alpha value is -1.35. The van der Waals surface area contributed by atoms with Crippen LogP contribution in [0.1, 0.15) is 5.56 Å². The Balaban J connectivity index is 2.55. The Morgan fingerprint density at radius 3 is 2.69 bits per heavy atom. The lowest BCUT2D eigenvalue weighted by Crippen LogP contribution is -1.89. The van der Waals surface area contributed by atoms with Crippen LogP contribution < -0.4 is 4.74 Å². The molecule has 82 valence electrons. The van der Waals surface area contributed by atoms with Crippen LogP contribution in [-0.4, -0.2) is 12.1 Å². The van der Waals surface area contributed by atoms with Gasteiger partial charge in [-0.1, -0.05) is 15.9 Å². The summed E-state index contributed by atoms with van der Waals surface area (Å²) in [7, 11) is 1.68. The Morgan fingerprint density at radius 1 is 1.19 bits per heavy atom. The van der Waals surface area contributed by atoms with Gasteiger partial charge >= 0.3 is 0 Å². The molecule has 0 radical (unpaired) electrons. The second kappa shape index (κ2) is 4.66. The Labute approximate surface area is 103 Å². The van der Waals surface area contributed by atoms with Crippen LogP contribution in [0.4, 0.5) is 0 Å². The largest absolute Gasteiger partial charge is 0.496 e. The quantitative estimate of drug-likeness (QED) is 0.833. The van der Waals surface area contributed by atoms with Crippen LogP contribution in [0.25, 0.3) is 11.1 Å². The van der Waals surface area contributed by atoms with Crippen LogP contribution in [-0.2, 0) is 0 Å². The molecule has 0 aliphatic carbocycles. The lowest BCUT2D eigenvalue weighted by atomic mass is 10.1. The number of rotatable bonds is 2. The molecule has 0 atom stereocenters. The van der Waals surface area contributed by atoms with Gasteiger partial charge in [0, 0.05) is 28.0 Å². The van der Waals surface area contributed by atoms with Crippen molar-refractivity contribution >= 4 is 15.9 Å². The summed E-state index contributed by atoms with van der Waals surface area (Å²) in [6, 6.07) is 8.08. The van der Waals surface area contributed by atoms with Crippen molar-refractivity contribution in [2.45, 2.75) is 6.92 Å². The predicted molar refractivity (Wildman–Crippen MR) is 68.7 cm³/mol. The smallest absolute Gasteiger partial charge is 0.127 e. The second-order valence-corrected chi connectivity index (χ2v) is 4.51. The first kappa shape index (κ1) is 11.1. The second-order valence-electron chi connectivity index (χ2n) is 3.60. The number of aryl methyl sites for hydroxylation is 1. The number of methoxy groups -OCH3 is 1. The average Bonchev–Trinajstić information content (AvgIpc) is 2.28. The maximum Gasteiger partial charge on any atom is 0.127 e. The van der Waals surface area contributed by atoms with E-state index in [1.807, 2.05) is 37.5 Å². The van der Waals surface area contributed by atoms with E-state index in [0.29, 0.717) is 0 Å². The third kappa shape index (κ3) is 2.25. The van der Waals surface area contributed by atoms with E-state index < -0.39 is 0 Å². The molecule has 0 spiro atoms. The molecule has 2 rings (SSSR count). The lowest BCUT2D eigenvalue weighted by molar-refractivity contribution is 0.416. The molecule has 0 fully saturated rings. The molecular weight excluding hydrogens is 266 g/mol. The third-order valence-corrected chi connectivity index (χ3v) is 2.84. The van der Waals surface area contributed by atoms with E-state index in [2.05, 4.69) is 27.0 Å². The summed E-state index contributed by atoms with van der Waals surface area (Å²) >= 11 is 3.43. The highest BCUT2D eigenvalue weighted by molar-refractivity contribution is 9.10. The fourth-order valence-corrected chi connectivity index (χ4v) is 1.95. The molecule has 16 heavy (non-hydrogen) atoms. The monoisotopic (exact) mass is 277 g/mol. The SMILES string of the molecule is COc1cc(Br)ccc1-c1cncc(C)c1. The van der Waals surface area contributed by atoms with Crippen LogP contribution in [0, 0.1) is 6.92 Å². The molecule has 1 heterocycles. The molecule has 0 bridgehead atoms. The van der Waals surface area contributed by atoms with Gasteiger partial charge in [-0.15, -0.1) is 0 Å². The van der Waals surface area contributed by atoms with Crippen LogP contribution in [0.15, 0.2) is 41.1 Å². The van der Waals surface area contributed by atoms with Crippen LogP contribution in [0.2, 0.25) is 0 Å². The first-order chi connectivity index (χ1) is 7.70. The van der Waals surface area contributed by atoms with E-state index >= 15 is 0 Å². The van der Waals surface area contributed by atoms with Gasteiger partial charge < -0.3 is 4.74 Å². The van der Waals surface area contributed by atoms with Gasteiger partial charge in [0.2, 0.25) is 0 Å². The van der Waals surface area contributed by atoms with Crippen LogP contribution in [0.5, 0.6) is 5.75 Å². The third-order valence-electron chi connectivity index (χ3n) is 2.35. The van der Waals surface area contributed by atoms with E-state index in [9.17, 15) is 0 Å². The molecular formula is C13H12BrNO. The van der Waals surface area contributed by atoms with E-state index in [-0.39, 0.29) is 0 Å². The minimum Gasteiger partial charge on any atom is -0.496 e. The number of hydrogen-bond acceptors (Lipinski definition) is 2. The fraction of sp³-hybridized carbons (Fsp3) is 0.154. The lowest BCUT2D eigenvalue weighted by Gasteiger charge is -2.09. The highest BCUT2D eigenvalue weighted by Crippen LogP contribution is 2.32. The van der Waals surface area contributed by atoms with E-state index in [4.69, 9.17) is 4.74 Å². The van der Waals surface area contributed by atoms with Crippen molar-refractivity contribution in [3.63, 3.8) is 0 Å². The van der Waals surface area contributed by atoms with E-state index in [1.165, 1.54) is 0 Å². The van der Waals surface area contributed by atoms with Crippen molar-refractivity contribution < 1.29 is 4.74 Å². The molecule has 0 amide bonds. The number of hydrogen-bond donors (Lipinski definition) is 0. The van der Waals surface area contributed by atoms with Crippen LogP contribution in [0.3, 0.4) is 0 Å². The van der Waals surface area contributed by atoms with Crippen molar-refractivity contribution in [2.24, 2.45) is 0 Å². The highest BCUT2D eigenvalue weighted by Gasteiger charge is 2.06. The topological polar surface area (TPSA) is 22.1 Å². The summed E-state index contributed by atoms with van der Waals surface area (Å²) in [5.41, 5.74) is 3.27. The highest BCUT2D eigenvalue weighted by atomic mass is 79.9. The van der Waals surface area contributed by atoms with Gasteiger partial charge in [-0.25, -0.2) is 0 Å². The Kier molecular flexibility index (Phi) is 3.25. The standard InChI is InChI=1S/C13H12BrNO/c1-9-5-10(8-15-7-9)12-4-3-11(14)6-13(12)16-2/h3-8H,1-2H3. The minimum absolute atomic E-state index is 0.849. The predicted octanol–water partition coefficient (Wildman–Crippen LogP) is 3.83. The van der Waals surface area contributed by atoms with Gasteiger partial charge in [-0.05, 0) is 36.8 Å². The van der Waals surface area contributed by atoms with E-state index in [1.54, 1.807) is 7.11 Å². The van der Waals surface area contributed by atoms with E-state index in [0.717, 1.165) is 26.9 Å². The zero-order chi connectivity index (χ0) is 11.5. The van der Waals surface area contributed by atoms with Gasteiger partial charge in [0.15, 0.2) is 0 Å². The summed E-state index contributed by atoms with van der Waals surface area (Å²) in [4.78, 5) is 4.19. The maximum absolute atomic E-state index is 5.36. The summed E-state index contributed by atoms with van der Waals surface area (Å²) in [6.07, 6.45) is 3.69. The summed E-state index contributed by atoms with van der Waals surface area (Å²) in [5, 5.41) is 0. The zero-order valence-electron chi connectivity index (χ0n) is 9.20. The molecule has 1 aromatic carbocycles. The molecule has 0 saturated heterocycles. The normalized spacial score (nSPS) is 10.2. The molecule has 2 aromatic rings. The first-order valence-corrected chi connectivity index (χ1v) is 5.75. The van der Waals surface area contributed by atoms with Gasteiger partial charge in [-0.3, -0.25) is 4.98 Å². The fourth-order valence-electron chi connectivity index (χ4n) is 1.61. The van der Waals surface area contributed by atoms with Crippen LogP contribution >= 0.6 is 15.9 Å². The van der Waals surface area contributed by atoms with Gasteiger partial charge in [0.05, 0.1) is 7.11 Å². The number of nitrogens with zero attached hydrogens (tertiary/aromatic N) is 1. The Morgan fingerprint density at radius 2 is 2.00 bits per heavy atom. The van der Waals surface area contributed by atoms with Crippen molar-refractivity contribution in [3.05, 3.63) is 46.7 Å². The average molecular weight is 278 g/mol. The zero-order valence-corrected chi connectivity index (χ0v) is 10.8. The molecule has 0 aliphatic heterocycles. The number of pyridine rings is 1. The molecule has 0 N–H and O–H groups in total. The number of halogens is 1. The maximum atomic E-state index is 5.36. The summed E-state index contributed by atoms with van der Waals surface area (Å²) < 4.78 is 6.37. The molecule has 1 aromatic heterocycles. The molecule has 0 saturated carbocycles. The number of benzene rings is 1. The molecule has 2 nitrogen and oxygen atoms in total. The van der Waals surface area contributed by atoms with Crippen molar-refractivity contribution in [2.75, 3.05) is 7.11 Å². The number of ether oxygens (including phenoxy) is 1. The van der Waals surface area contributed by atoms with Gasteiger partial charge in [-0.2, -0.15) is 0 Å². The molecule has 3 heteroatoms. The summed E-state index contributed by atoms with van der Waals surface area (Å²) in [5.74, 6) is 0.849. The van der Waals surface area contributed by atoms with Gasteiger partial charge in [0.25, 0.3) is 0 Å². The van der Waals surface area contributed by atoms with Gasteiger partial charge in [0.1, 0.15) is 5.75 Å². The minimum atomic E-state index is 0.849. The summed E-state index contributed by atoms with van der Waals surface area (Å²) in [6.45, 7) is 2.03. The Bertz CT molecular complexity index is 511. The molecule has 0 aliphatic rings. The van der Waals surface area contributed by atoms with Crippen molar-refractivity contribution in [1.29, 1.82) is 0 Å². The number of aromatic nitrogens is 1.